The highest BCUT2D eigenvalue weighted by Gasteiger charge is 2.65. The summed E-state index contributed by atoms with van der Waals surface area (Å²) in [5.41, 5.74) is 9.30. The van der Waals surface area contributed by atoms with Gasteiger partial charge in [0.1, 0.15) is 17.3 Å². The number of Topliss-reactive ketones (excluding diaryl/α,β-unsaturated/α-hetero) is 1. The maximum atomic E-state index is 14.4. The number of nitrogens with zero attached hydrogens (tertiary/aromatic N) is 3. The molecule has 1 aliphatic heterocycles. The minimum absolute atomic E-state index is 0.000992. The van der Waals surface area contributed by atoms with Gasteiger partial charge < -0.3 is 26.0 Å². The van der Waals surface area contributed by atoms with Crippen molar-refractivity contribution in [1.29, 1.82) is 0 Å². The molecule has 1 saturated carbocycles. The fraction of sp³-hybridized carbons (Fsp3) is 0.370. The molecule has 10 nitrogen and oxygen atoms in total. The van der Waals surface area contributed by atoms with E-state index in [1.807, 2.05) is 44.1 Å². The third-order valence-corrected chi connectivity index (χ3v) is 10.3. The summed E-state index contributed by atoms with van der Waals surface area (Å²) in [7, 11) is 7.49. The number of carbonyl (C=O) groups excluding carboxylic acids is 2. The first-order valence-electron chi connectivity index (χ1n) is 12.4. The highest BCUT2D eigenvalue weighted by atomic mass is 31.1. The summed E-state index contributed by atoms with van der Waals surface area (Å²) in [6, 6.07) is 3.02. The summed E-state index contributed by atoms with van der Waals surface area (Å²) in [6.45, 7) is 0. The smallest absolute Gasteiger partial charge is 0.252 e. The number of fused-ring (bicyclic) bond motifs is 2. The van der Waals surface area contributed by atoms with Gasteiger partial charge in [-0.15, -0.1) is 0 Å². The van der Waals surface area contributed by atoms with Gasteiger partial charge in [-0.3, -0.25) is 19.6 Å². The Morgan fingerprint density at radius 1 is 1.24 bits per heavy atom. The zero-order chi connectivity index (χ0) is 27.3. The highest BCUT2D eigenvalue weighted by Crippen LogP contribution is 2.67. The van der Waals surface area contributed by atoms with E-state index in [1.165, 1.54) is 0 Å². The molecular formula is C27H30N5O5P. The Morgan fingerprint density at radius 2 is 1.97 bits per heavy atom. The second kappa shape index (κ2) is 8.19. The lowest BCUT2D eigenvalue weighted by molar-refractivity contribution is -0.122. The number of phenols is 1. The number of amides is 1. The van der Waals surface area contributed by atoms with Crippen molar-refractivity contribution in [3.8, 4) is 17.0 Å². The van der Waals surface area contributed by atoms with Crippen LogP contribution in [0.1, 0.15) is 17.5 Å². The fourth-order valence-corrected chi connectivity index (χ4v) is 8.60. The van der Waals surface area contributed by atoms with E-state index in [4.69, 9.17) is 5.73 Å². The number of benzene rings is 1. The van der Waals surface area contributed by atoms with E-state index >= 15 is 0 Å². The third kappa shape index (κ3) is 2.98. The standard InChI is InChI=1S/C27H30N5O5P/c1-31(2)17-9-12(16-5-6-29-30-16)22(33)19-13(17)7-11-8-14-21(32(3)4)24(35)20(26(28)37)15-10-38-27(14,15)25(36)18(11)23(19)34/h5-6,9-11,14,21,33-35,38H,7-8H2,1-4H3,(H2,28,37)(H,29,30)/t11-,14-,21-,27+/m0/s1. The second-order valence-corrected chi connectivity index (χ2v) is 12.3. The maximum absolute atomic E-state index is 14.4. The lowest BCUT2D eigenvalue weighted by atomic mass is 9.57. The molecule has 1 fully saturated rings. The third-order valence-electron chi connectivity index (χ3n) is 8.56. The monoisotopic (exact) mass is 535 g/mol. The number of H-pyrrole nitrogens is 1. The van der Waals surface area contributed by atoms with Crippen LogP contribution in [-0.4, -0.2) is 81.5 Å². The molecule has 1 aromatic carbocycles. The number of phenolic OH excluding ortho intramolecular Hbond substituents is 1. The van der Waals surface area contributed by atoms with E-state index in [2.05, 4.69) is 10.2 Å². The Kier molecular flexibility index (Phi) is 5.32. The Balaban J connectivity index is 1.58. The van der Waals surface area contributed by atoms with Crippen LogP contribution in [0, 0.1) is 11.8 Å². The molecule has 2 aromatic rings. The molecule has 1 unspecified atom stereocenters. The van der Waals surface area contributed by atoms with Crippen LogP contribution >= 0.6 is 8.58 Å². The average molecular weight is 536 g/mol. The average Bonchev–Trinajstić information content (AvgIpc) is 3.35. The van der Waals surface area contributed by atoms with Gasteiger partial charge in [0, 0.05) is 43.0 Å². The summed E-state index contributed by atoms with van der Waals surface area (Å²) in [5.74, 6) is -0.296. The number of likely N-dealkylation sites (N-methyl/N-ethyl adjacent to an activating group) is 1. The number of aromatic amines is 1. The molecule has 1 spiro atoms. The number of rotatable bonds is 4. The van der Waals surface area contributed by atoms with Gasteiger partial charge in [0.05, 0.1) is 28.0 Å². The first-order chi connectivity index (χ1) is 18.0. The molecule has 0 saturated heterocycles. The number of hydrogen-bond donors (Lipinski definition) is 5. The number of aliphatic hydroxyl groups is 2. The minimum Gasteiger partial charge on any atom is -0.510 e. The zero-order valence-electron chi connectivity index (χ0n) is 21.5. The molecule has 3 aliphatic carbocycles. The van der Waals surface area contributed by atoms with E-state index in [0.29, 0.717) is 29.7 Å². The number of aliphatic hydroxyl groups excluding tert-OH is 2. The number of nitrogens with one attached hydrogen (secondary N) is 1. The number of aromatic nitrogens is 2. The number of allylic oxidation sites excluding steroid dienone is 1. The number of aromatic hydroxyl groups is 1. The summed E-state index contributed by atoms with van der Waals surface area (Å²) >= 11 is 0. The first kappa shape index (κ1) is 24.7. The molecule has 2 heterocycles. The number of anilines is 1. The zero-order valence-corrected chi connectivity index (χ0v) is 22.5. The Labute approximate surface area is 221 Å². The maximum Gasteiger partial charge on any atom is 0.252 e. The van der Waals surface area contributed by atoms with Gasteiger partial charge in [0.25, 0.3) is 5.91 Å². The molecule has 4 aliphatic rings. The minimum atomic E-state index is -1.04. The van der Waals surface area contributed by atoms with E-state index in [1.54, 1.807) is 18.1 Å². The Bertz CT molecular complexity index is 1510. The largest absolute Gasteiger partial charge is 0.510 e. The Hall–Kier alpha value is -3.62. The van der Waals surface area contributed by atoms with Crippen molar-refractivity contribution in [2.24, 2.45) is 17.6 Å². The van der Waals surface area contributed by atoms with Gasteiger partial charge in [0.15, 0.2) is 5.78 Å². The van der Waals surface area contributed by atoms with Crippen LogP contribution in [0.2, 0.25) is 0 Å². The topological polar surface area (TPSA) is 156 Å². The molecule has 5 atom stereocenters. The molecule has 198 valence electrons. The number of nitrogens with two attached hydrogens (primary N) is 1. The lowest BCUT2D eigenvalue weighted by Crippen LogP contribution is -2.63. The van der Waals surface area contributed by atoms with E-state index < -0.39 is 17.1 Å². The van der Waals surface area contributed by atoms with Gasteiger partial charge in [0.2, 0.25) is 0 Å². The fourth-order valence-electron chi connectivity index (χ4n) is 6.97. The van der Waals surface area contributed by atoms with Crippen molar-refractivity contribution in [2.45, 2.75) is 24.0 Å². The molecule has 6 N–H and O–H groups in total. The summed E-state index contributed by atoms with van der Waals surface area (Å²) in [6.07, 6.45) is 2.54. The van der Waals surface area contributed by atoms with E-state index in [-0.39, 0.29) is 60.2 Å². The summed E-state index contributed by atoms with van der Waals surface area (Å²) in [5, 5.41) is 40.1. The molecule has 6 rings (SSSR count). The summed E-state index contributed by atoms with van der Waals surface area (Å²) in [4.78, 5) is 30.6. The van der Waals surface area contributed by atoms with Gasteiger partial charge in [-0.1, -0.05) is 14.4 Å². The molecular weight excluding hydrogens is 505 g/mol. The van der Waals surface area contributed by atoms with E-state index in [0.717, 1.165) is 11.3 Å². The second-order valence-electron chi connectivity index (χ2n) is 10.9. The van der Waals surface area contributed by atoms with Gasteiger partial charge in [-0.25, -0.2) is 0 Å². The summed E-state index contributed by atoms with van der Waals surface area (Å²) < 4.78 is 0. The Morgan fingerprint density at radius 3 is 2.53 bits per heavy atom. The molecule has 1 amide bonds. The van der Waals surface area contributed by atoms with Crippen molar-refractivity contribution in [3.63, 3.8) is 0 Å². The number of carbonyl (C=O) groups is 2. The molecule has 11 heteroatoms. The molecule has 0 radical (unpaired) electrons. The van der Waals surface area contributed by atoms with Crippen molar-refractivity contribution < 1.29 is 24.9 Å². The van der Waals surface area contributed by atoms with Gasteiger partial charge in [-0.05, 0) is 56.1 Å². The van der Waals surface area contributed by atoms with Crippen LogP contribution < -0.4 is 10.6 Å². The van der Waals surface area contributed by atoms with Crippen LogP contribution in [0.5, 0.6) is 5.75 Å². The van der Waals surface area contributed by atoms with Crippen molar-refractivity contribution in [3.05, 3.63) is 57.8 Å². The normalized spacial score (nSPS) is 28.4. The first-order valence-corrected chi connectivity index (χ1v) is 13.5. The van der Waals surface area contributed by atoms with Crippen LogP contribution in [0.3, 0.4) is 0 Å². The SMILES string of the molecule is CN(C)c1cc(-c2ccn[nH]2)c(O)c2c1C[C@H]1C[C@H]3[C@H](N(C)C)C(O)=C(C(N)=O)C4=CP[C@@]43C(=O)C1=C2O. The number of ketones is 1. The van der Waals surface area contributed by atoms with Crippen LogP contribution in [0.4, 0.5) is 5.69 Å². The van der Waals surface area contributed by atoms with Crippen molar-refractivity contribution in [2.75, 3.05) is 33.1 Å². The van der Waals surface area contributed by atoms with Crippen molar-refractivity contribution in [1.82, 2.24) is 15.1 Å². The highest BCUT2D eigenvalue weighted by molar-refractivity contribution is 7.48. The van der Waals surface area contributed by atoms with Crippen LogP contribution in [0.15, 0.2) is 46.6 Å². The lowest BCUT2D eigenvalue weighted by Gasteiger charge is -2.58. The van der Waals surface area contributed by atoms with Crippen LogP contribution in [-0.2, 0) is 16.0 Å². The molecule has 38 heavy (non-hydrogen) atoms. The van der Waals surface area contributed by atoms with E-state index in [9.17, 15) is 24.9 Å². The number of hydrogen-bond acceptors (Lipinski definition) is 8. The quantitative estimate of drug-likeness (QED) is 0.374. The molecule has 0 bridgehead atoms. The van der Waals surface area contributed by atoms with Gasteiger partial charge in [-0.2, -0.15) is 5.10 Å². The van der Waals surface area contributed by atoms with Gasteiger partial charge >= 0.3 is 0 Å². The molecule has 1 aromatic heterocycles. The predicted molar refractivity (Wildman–Crippen MR) is 145 cm³/mol. The van der Waals surface area contributed by atoms with Crippen molar-refractivity contribution >= 4 is 31.7 Å². The van der Waals surface area contributed by atoms with Crippen LogP contribution in [0.25, 0.3) is 17.0 Å². The number of primary amides is 1. The predicted octanol–water partition coefficient (Wildman–Crippen LogP) is 2.43.